The molecule has 0 aliphatic rings. The summed E-state index contributed by atoms with van der Waals surface area (Å²) in [5, 5.41) is 7.26. The Hall–Kier alpha value is -1.81. The van der Waals surface area contributed by atoms with Crippen LogP contribution >= 0.6 is 11.6 Å². The van der Waals surface area contributed by atoms with Gasteiger partial charge in [0.2, 0.25) is 11.8 Å². The minimum absolute atomic E-state index is 0.0752. The van der Waals surface area contributed by atoms with Crippen LogP contribution in [0.3, 0.4) is 0 Å². The molecule has 0 bridgehead atoms. The van der Waals surface area contributed by atoms with Crippen LogP contribution in [0.5, 0.6) is 0 Å². The summed E-state index contributed by atoms with van der Waals surface area (Å²) in [5.41, 5.74) is 1.55. The third-order valence-corrected chi connectivity index (χ3v) is 2.76. The average molecular weight is 279 g/mol. The molecule has 5 heteroatoms. The van der Waals surface area contributed by atoms with Gasteiger partial charge in [-0.05, 0) is 18.1 Å². The van der Waals surface area contributed by atoms with Gasteiger partial charge in [-0.15, -0.1) is 0 Å². The van der Waals surface area contributed by atoms with Gasteiger partial charge in [0, 0.05) is 23.1 Å². The Kier molecular flexibility index (Phi) is 4.22. The second-order valence-electron chi connectivity index (χ2n) is 4.73. The summed E-state index contributed by atoms with van der Waals surface area (Å²) < 4.78 is 5.09. The van der Waals surface area contributed by atoms with Crippen molar-refractivity contribution in [3.63, 3.8) is 0 Å². The van der Waals surface area contributed by atoms with Crippen LogP contribution in [-0.4, -0.2) is 11.1 Å². The quantitative estimate of drug-likeness (QED) is 0.920. The van der Waals surface area contributed by atoms with Crippen LogP contribution in [0.15, 0.2) is 34.9 Å². The molecule has 0 spiro atoms. The molecule has 1 amide bonds. The van der Waals surface area contributed by atoms with Crippen molar-refractivity contribution in [1.82, 2.24) is 5.16 Å². The van der Waals surface area contributed by atoms with Crippen molar-refractivity contribution in [3.8, 4) is 11.3 Å². The van der Waals surface area contributed by atoms with Crippen molar-refractivity contribution in [2.75, 3.05) is 5.32 Å². The maximum atomic E-state index is 11.6. The SMILES string of the molecule is CC(C)CC(=O)Nc1cc(-c2ccc(Cl)cc2)no1. The zero-order valence-electron chi connectivity index (χ0n) is 10.8. The van der Waals surface area contributed by atoms with Gasteiger partial charge in [0.05, 0.1) is 0 Å². The summed E-state index contributed by atoms with van der Waals surface area (Å²) >= 11 is 5.82. The number of nitrogens with one attached hydrogen (secondary N) is 1. The topological polar surface area (TPSA) is 55.1 Å². The van der Waals surface area contributed by atoms with Crippen molar-refractivity contribution < 1.29 is 9.32 Å². The van der Waals surface area contributed by atoms with Gasteiger partial charge in [-0.25, -0.2) is 0 Å². The van der Waals surface area contributed by atoms with Crippen LogP contribution in [0, 0.1) is 5.92 Å². The Morgan fingerprint density at radius 3 is 2.68 bits per heavy atom. The number of amides is 1. The first-order chi connectivity index (χ1) is 9.04. The van der Waals surface area contributed by atoms with E-state index in [9.17, 15) is 4.79 Å². The molecule has 0 radical (unpaired) electrons. The lowest BCUT2D eigenvalue weighted by Gasteiger charge is -2.02. The first-order valence-corrected chi connectivity index (χ1v) is 6.45. The molecule has 19 heavy (non-hydrogen) atoms. The van der Waals surface area contributed by atoms with Crippen molar-refractivity contribution in [2.24, 2.45) is 5.92 Å². The molecule has 2 aromatic rings. The van der Waals surface area contributed by atoms with Crippen LogP contribution in [0.2, 0.25) is 5.02 Å². The van der Waals surface area contributed by atoms with Gasteiger partial charge in [-0.3, -0.25) is 10.1 Å². The third kappa shape index (κ3) is 3.83. The first kappa shape index (κ1) is 13.6. The summed E-state index contributed by atoms with van der Waals surface area (Å²) in [6, 6.07) is 8.95. The van der Waals surface area contributed by atoms with Crippen LogP contribution in [0.25, 0.3) is 11.3 Å². The summed E-state index contributed by atoms with van der Waals surface area (Å²) in [7, 11) is 0. The maximum absolute atomic E-state index is 11.6. The molecule has 1 heterocycles. The number of halogens is 1. The van der Waals surface area contributed by atoms with Crippen LogP contribution in [0.1, 0.15) is 20.3 Å². The van der Waals surface area contributed by atoms with Crippen molar-refractivity contribution in [1.29, 1.82) is 0 Å². The molecule has 1 N–H and O–H groups in total. The van der Waals surface area contributed by atoms with E-state index in [0.717, 1.165) is 5.56 Å². The summed E-state index contributed by atoms with van der Waals surface area (Å²) in [6.45, 7) is 3.97. The summed E-state index contributed by atoms with van der Waals surface area (Å²) in [5.74, 6) is 0.586. The van der Waals surface area contributed by atoms with Gasteiger partial charge < -0.3 is 4.52 Å². The highest BCUT2D eigenvalue weighted by atomic mass is 35.5. The zero-order valence-corrected chi connectivity index (χ0v) is 11.6. The number of nitrogens with zero attached hydrogens (tertiary/aromatic N) is 1. The molecular formula is C14H15ClN2O2. The second-order valence-corrected chi connectivity index (χ2v) is 5.17. The van der Waals surface area contributed by atoms with Crippen molar-refractivity contribution in [2.45, 2.75) is 20.3 Å². The Balaban J connectivity index is 2.07. The van der Waals surface area contributed by atoms with Gasteiger partial charge >= 0.3 is 0 Å². The Morgan fingerprint density at radius 2 is 2.05 bits per heavy atom. The molecule has 2 rings (SSSR count). The largest absolute Gasteiger partial charge is 0.338 e. The number of benzene rings is 1. The van der Waals surface area contributed by atoms with Gasteiger partial charge in [-0.1, -0.05) is 42.7 Å². The van der Waals surface area contributed by atoms with Crippen LogP contribution < -0.4 is 5.32 Å². The summed E-state index contributed by atoms with van der Waals surface area (Å²) in [4.78, 5) is 11.6. The molecule has 0 atom stereocenters. The van der Waals surface area contributed by atoms with Gasteiger partial charge in [0.25, 0.3) is 0 Å². The minimum Gasteiger partial charge on any atom is -0.338 e. The highest BCUT2D eigenvalue weighted by molar-refractivity contribution is 6.30. The Morgan fingerprint density at radius 1 is 1.37 bits per heavy atom. The van der Waals surface area contributed by atoms with E-state index < -0.39 is 0 Å². The Bertz CT molecular complexity index is 561. The number of anilines is 1. The number of hydrogen-bond acceptors (Lipinski definition) is 3. The van der Waals surface area contributed by atoms with E-state index in [1.807, 2.05) is 26.0 Å². The monoisotopic (exact) mass is 278 g/mol. The third-order valence-electron chi connectivity index (χ3n) is 2.51. The molecule has 0 saturated carbocycles. The lowest BCUT2D eigenvalue weighted by Crippen LogP contribution is -2.13. The van der Waals surface area contributed by atoms with Gasteiger partial charge in [0.1, 0.15) is 5.69 Å². The lowest BCUT2D eigenvalue weighted by atomic mass is 10.1. The zero-order chi connectivity index (χ0) is 13.8. The number of rotatable bonds is 4. The molecule has 0 aliphatic heterocycles. The first-order valence-electron chi connectivity index (χ1n) is 6.07. The second kappa shape index (κ2) is 5.89. The fourth-order valence-corrected chi connectivity index (χ4v) is 1.78. The average Bonchev–Trinajstić information content (AvgIpc) is 2.77. The van der Waals surface area contributed by atoms with Gasteiger partial charge in [-0.2, -0.15) is 0 Å². The molecule has 0 saturated heterocycles. The Labute approximate surface area is 116 Å². The normalized spacial score (nSPS) is 10.7. The maximum Gasteiger partial charge on any atom is 0.231 e. The van der Waals surface area contributed by atoms with Crippen molar-refractivity contribution >= 4 is 23.4 Å². The lowest BCUT2D eigenvalue weighted by molar-refractivity contribution is -0.117. The molecule has 1 aromatic carbocycles. The number of aromatic nitrogens is 1. The molecular weight excluding hydrogens is 264 g/mol. The predicted molar refractivity (Wildman–Crippen MR) is 75.0 cm³/mol. The molecule has 0 fully saturated rings. The van der Waals surface area contributed by atoms with E-state index in [0.29, 0.717) is 28.9 Å². The smallest absolute Gasteiger partial charge is 0.231 e. The van der Waals surface area contributed by atoms with Crippen LogP contribution in [0.4, 0.5) is 5.88 Å². The molecule has 1 aromatic heterocycles. The van der Waals surface area contributed by atoms with E-state index in [1.54, 1.807) is 18.2 Å². The highest BCUT2D eigenvalue weighted by Crippen LogP contribution is 2.23. The molecule has 0 unspecified atom stereocenters. The number of carbonyl (C=O) groups is 1. The molecule has 100 valence electrons. The van der Waals surface area contributed by atoms with E-state index in [4.69, 9.17) is 16.1 Å². The van der Waals surface area contributed by atoms with E-state index >= 15 is 0 Å². The highest BCUT2D eigenvalue weighted by Gasteiger charge is 2.10. The standard InChI is InChI=1S/C14H15ClN2O2/c1-9(2)7-13(18)16-14-8-12(17-19-14)10-3-5-11(15)6-4-10/h3-6,8-9H,7H2,1-2H3,(H,16,18). The van der Waals surface area contributed by atoms with E-state index in [1.165, 1.54) is 0 Å². The number of hydrogen-bond donors (Lipinski definition) is 1. The van der Waals surface area contributed by atoms with E-state index in [-0.39, 0.29) is 5.91 Å². The fourth-order valence-electron chi connectivity index (χ4n) is 1.65. The number of carbonyl (C=O) groups excluding carboxylic acids is 1. The summed E-state index contributed by atoms with van der Waals surface area (Å²) in [6.07, 6.45) is 0.455. The molecule has 4 nitrogen and oxygen atoms in total. The fraction of sp³-hybridized carbons (Fsp3) is 0.286. The van der Waals surface area contributed by atoms with E-state index in [2.05, 4.69) is 10.5 Å². The predicted octanol–water partition coefficient (Wildman–Crippen LogP) is 3.98. The van der Waals surface area contributed by atoms with Crippen LogP contribution in [-0.2, 0) is 4.79 Å². The van der Waals surface area contributed by atoms with Crippen molar-refractivity contribution in [3.05, 3.63) is 35.4 Å². The minimum atomic E-state index is -0.0752. The molecule has 0 aliphatic carbocycles. The van der Waals surface area contributed by atoms with Gasteiger partial charge in [0.15, 0.2) is 0 Å².